The van der Waals surface area contributed by atoms with Gasteiger partial charge in [0.05, 0.1) is 11.2 Å². The first-order valence-electron chi connectivity index (χ1n) is 3.96. The number of rotatable bonds is 1. The van der Waals surface area contributed by atoms with Crippen LogP contribution in [0.2, 0.25) is 5.15 Å². The first-order chi connectivity index (χ1) is 6.52. The van der Waals surface area contributed by atoms with E-state index in [2.05, 4.69) is 10.1 Å². The molecule has 0 bridgehead atoms. The molecule has 2 N–H and O–H groups in total. The molecule has 2 aromatic heterocycles. The summed E-state index contributed by atoms with van der Waals surface area (Å²) in [5.41, 5.74) is 2.01. The number of carboxylic acid groups (broad SMARTS) is 1. The van der Waals surface area contributed by atoms with Gasteiger partial charge in [0.2, 0.25) is 0 Å². The lowest BCUT2D eigenvalue weighted by Gasteiger charge is -1.93. The summed E-state index contributed by atoms with van der Waals surface area (Å²) in [6.45, 7) is 1.79. The number of H-pyrrole nitrogens is 1. The van der Waals surface area contributed by atoms with Crippen LogP contribution in [0.25, 0.3) is 11.0 Å². The van der Waals surface area contributed by atoms with Crippen LogP contribution in [0.3, 0.4) is 0 Å². The highest BCUT2D eigenvalue weighted by molar-refractivity contribution is 6.34. The zero-order valence-electron chi connectivity index (χ0n) is 7.63. The topological polar surface area (TPSA) is 70.9 Å². The zero-order valence-corrected chi connectivity index (χ0v) is 8.38. The molecule has 0 spiro atoms. The van der Waals surface area contributed by atoms with Gasteiger partial charge in [-0.2, -0.15) is 5.10 Å². The third kappa shape index (κ3) is 1.02. The van der Waals surface area contributed by atoms with Crippen molar-refractivity contribution in [2.75, 3.05) is 0 Å². The quantitative estimate of drug-likeness (QED) is 0.755. The molecule has 2 aromatic rings. The van der Waals surface area contributed by atoms with Crippen molar-refractivity contribution >= 4 is 28.6 Å². The Labute approximate surface area is 84.3 Å². The second-order valence-corrected chi connectivity index (χ2v) is 3.43. The number of nitrogens with zero attached hydrogens (tertiary/aromatic N) is 2. The number of aromatic carboxylic acids is 1. The minimum atomic E-state index is -1.05. The van der Waals surface area contributed by atoms with Gasteiger partial charge in [-0.15, -0.1) is 0 Å². The van der Waals surface area contributed by atoms with Gasteiger partial charge in [0.15, 0.2) is 0 Å². The molecule has 0 amide bonds. The maximum Gasteiger partial charge on any atom is 0.341 e. The summed E-state index contributed by atoms with van der Waals surface area (Å²) in [7, 11) is 1.69. The molecule has 14 heavy (non-hydrogen) atoms. The molecule has 74 valence electrons. The third-order valence-corrected chi connectivity index (χ3v) is 2.41. The molecule has 0 atom stereocenters. The molecule has 0 aromatic carbocycles. The number of aryl methyl sites for hydroxylation is 2. The maximum atomic E-state index is 10.9. The summed E-state index contributed by atoms with van der Waals surface area (Å²) in [5.74, 6) is -1.05. The fourth-order valence-corrected chi connectivity index (χ4v) is 1.83. The highest BCUT2D eigenvalue weighted by atomic mass is 35.5. The lowest BCUT2D eigenvalue weighted by atomic mass is 10.3. The Bertz CT molecular complexity index is 526. The molecular weight excluding hydrogens is 206 g/mol. The van der Waals surface area contributed by atoms with Gasteiger partial charge in [-0.25, -0.2) is 4.79 Å². The van der Waals surface area contributed by atoms with Crippen LogP contribution in [0.5, 0.6) is 0 Å². The lowest BCUT2D eigenvalue weighted by molar-refractivity contribution is 0.0699. The number of nitrogens with one attached hydrogen (secondary N) is 1. The molecule has 2 rings (SSSR count). The fraction of sp³-hybridized carbons (Fsp3) is 0.250. The molecule has 0 saturated carbocycles. The van der Waals surface area contributed by atoms with E-state index < -0.39 is 5.97 Å². The van der Waals surface area contributed by atoms with E-state index >= 15 is 0 Å². The number of carbonyl (C=O) groups is 1. The van der Waals surface area contributed by atoms with Crippen LogP contribution >= 0.6 is 11.6 Å². The fourth-order valence-electron chi connectivity index (χ4n) is 1.57. The first kappa shape index (κ1) is 9.08. The number of hydrogen-bond donors (Lipinski definition) is 2. The first-order valence-corrected chi connectivity index (χ1v) is 4.34. The van der Waals surface area contributed by atoms with E-state index in [1.807, 2.05) is 0 Å². The molecule has 0 fully saturated rings. The number of aromatic nitrogens is 3. The highest BCUT2D eigenvalue weighted by Crippen LogP contribution is 2.27. The Morgan fingerprint density at radius 3 is 2.86 bits per heavy atom. The van der Waals surface area contributed by atoms with Gasteiger partial charge in [0.1, 0.15) is 16.2 Å². The van der Waals surface area contributed by atoms with E-state index in [4.69, 9.17) is 16.7 Å². The Hall–Kier alpha value is -1.49. The van der Waals surface area contributed by atoms with Crippen molar-refractivity contribution in [1.29, 1.82) is 0 Å². The molecular formula is C8H8ClN3O2. The third-order valence-electron chi connectivity index (χ3n) is 2.13. The summed E-state index contributed by atoms with van der Waals surface area (Å²) in [6, 6.07) is 0. The van der Waals surface area contributed by atoms with E-state index in [0.717, 1.165) is 5.69 Å². The molecule has 2 heterocycles. The van der Waals surface area contributed by atoms with Gasteiger partial charge < -0.3 is 10.1 Å². The maximum absolute atomic E-state index is 10.9. The van der Waals surface area contributed by atoms with Gasteiger partial charge in [0.25, 0.3) is 0 Å². The van der Waals surface area contributed by atoms with E-state index in [1.54, 1.807) is 14.0 Å². The van der Waals surface area contributed by atoms with Gasteiger partial charge in [-0.05, 0) is 6.92 Å². The van der Waals surface area contributed by atoms with E-state index in [9.17, 15) is 4.79 Å². The second kappa shape index (κ2) is 2.75. The molecule has 0 unspecified atom stereocenters. The van der Waals surface area contributed by atoms with Gasteiger partial charge >= 0.3 is 5.97 Å². The lowest BCUT2D eigenvalue weighted by Crippen LogP contribution is -2.00. The highest BCUT2D eigenvalue weighted by Gasteiger charge is 2.21. The van der Waals surface area contributed by atoms with Crippen molar-refractivity contribution in [2.45, 2.75) is 6.92 Å². The molecule has 6 heteroatoms. The summed E-state index contributed by atoms with van der Waals surface area (Å²) < 4.78 is 1.51. The van der Waals surface area contributed by atoms with Crippen LogP contribution in [0.1, 0.15) is 16.1 Å². The predicted octanol–water partition coefficient (Wildman–Crippen LogP) is 1.56. The van der Waals surface area contributed by atoms with Crippen molar-refractivity contribution < 1.29 is 9.90 Å². The largest absolute Gasteiger partial charge is 0.478 e. The van der Waals surface area contributed by atoms with Crippen LogP contribution in [-0.4, -0.2) is 25.8 Å². The monoisotopic (exact) mass is 213 g/mol. The van der Waals surface area contributed by atoms with Crippen LogP contribution in [-0.2, 0) is 7.05 Å². The normalized spacial score (nSPS) is 11.1. The Balaban J connectivity index is 2.93. The second-order valence-electron chi connectivity index (χ2n) is 3.05. The van der Waals surface area contributed by atoms with Crippen LogP contribution < -0.4 is 0 Å². The summed E-state index contributed by atoms with van der Waals surface area (Å²) >= 11 is 5.77. The van der Waals surface area contributed by atoms with Crippen LogP contribution in [0.15, 0.2) is 0 Å². The molecule has 0 aliphatic rings. The summed E-state index contributed by atoms with van der Waals surface area (Å²) in [5, 5.41) is 13.2. The number of carboxylic acids is 1. The van der Waals surface area contributed by atoms with Crippen molar-refractivity contribution in [3.63, 3.8) is 0 Å². The molecule has 0 radical (unpaired) electrons. The molecule has 0 aliphatic heterocycles. The average Bonchev–Trinajstić information content (AvgIpc) is 2.52. The minimum absolute atomic E-state index is 0.0739. The average molecular weight is 214 g/mol. The number of fused-ring (bicyclic) bond motifs is 1. The van der Waals surface area contributed by atoms with E-state index in [0.29, 0.717) is 11.0 Å². The Kier molecular flexibility index (Phi) is 1.78. The Morgan fingerprint density at radius 2 is 2.29 bits per heavy atom. The van der Waals surface area contributed by atoms with Gasteiger partial charge in [-0.1, -0.05) is 11.6 Å². The zero-order chi connectivity index (χ0) is 10.5. The van der Waals surface area contributed by atoms with Gasteiger partial charge in [-0.3, -0.25) is 4.68 Å². The summed E-state index contributed by atoms with van der Waals surface area (Å²) in [4.78, 5) is 13.7. The molecule has 0 aliphatic carbocycles. The molecule has 0 saturated heterocycles. The molecule has 5 nitrogen and oxygen atoms in total. The van der Waals surface area contributed by atoms with Crippen molar-refractivity contribution in [2.24, 2.45) is 7.05 Å². The van der Waals surface area contributed by atoms with Crippen molar-refractivity contribution in [3.8, 4) is 0 Å². The predicted molar refractivity (Wildman–Crippen MR) is 51.8 cm³/mol. The van der Waals surface area contributed by atoms with E-state index in [-0.39, 0.29) is 10.7 Å². The van der Waals surface area contributed by atoms with Crippen LogP contribution in [0, 0.1) is 6.92 Å². The number of aromatic amines is 1. The Morgan fingerprint density at radius 1 is 1.64 bits per heavy atom. The standard InChI is InChI=1S/C8H8ClN3O2/c1-3-5-6(12(2)11-3)4(8(13)14)7(9)10-5/h10H,1-2H3,(H,13,14). The van der Waals surface area contributed by atoms with E-state index in [1.165, 1.54) is 4.68 Å². The smallest absolute Gasteiger partial charge is 0.341 e. The SMILES string of the molecule is Cc1nn(C)c2c(C(=O)O)c(Cl)[nH]c12. The van der Waals surface area contributed by atoms with Gasteiger partial charge in [0, 0.05) is 7.05 Å². The summed E-state index contributed by atoms with van der Waals surface area (Å²) in [6.07, 6.45) is 0. The number of hydrogen-bond acceptors (Lipinski definition) is 2. The van der Waals surface area contributed by atoms with Crippen LogP contribution in [0.4, 0.5) is 0 Å². The number of halogens is 1. The van der Waals surface area contributed by atoms with Crippen molar-refractivity contribution in [3.05, 3.63) is 16.4 Å². The minimum Gasteiger partial charge on any atom is -0.478 e. The van der Waals surface area contributed by atoms with Crippen molar-refractivity contribution in [1.82, 2.24) is 14.8 Å².